The minimum atomic E-state index is -0.945. The zero-order valence-electron chi connectivity index (χ0n) is 15.5. The number of hydrogen-bond acceptors (Lipinski definition) is 6. The minimum absolute atomic E-state index is 0.0196. The van der Waals surface area contributed by atoms with E-state index in [0.717, 1.165) is 0 Å². The first-order chi connectivity index (χ1) is 13.3. The number of nitro benzene ring substituents is 1. The van der Waals surface area contributed by atoms with Crippen LogP contribution in [-0.4, -0.2) is 32.3 Å². The lowest BCUT2D eigenvalue weighted by Gasteiger charge is -2.15. The number of ether oxygens (including phenoxy) is 1. The number of aliphatic hydroxyl groups is 1. The molecule has 1 aromatic heterocycles. The van der Waals surface area contributed by atoms with E-state index in [1.165, 1.54) is 36.4 Å². The Morgan fingerprint density at radius 2 is 1.93 bits per heavy atom. The van der Waals surface area contributed by atoms with Gasteiger partial charge in [-0.3, -0.25) is 10.1 Å². The van der Waals surface area contributed by atoms with E-state index >= 15 is 0 Å². The maximum absolute atomic E-state index is 12.4. The third kappa shape index (κ3) is 3.54. The molecule has 28 heavy (non-hydrogen) atoms. The lowest BCUT2D eigenvalue weighted by Crippen LogP contribution is -2.12. The highest BCUT2D eigenvalue weighted by atomic mass is 16.6. The Hall–Kier alpha value is -3.39. The molecule has 0 aliphatic heterocycles. The van der Waals surface area contributed by atoms with Crippen molar-refractivity contribution in [3.05, 3.63) is 69.4 Å². The van der Waals surface area contributed by atoms with Crippen LogP contribution in [0.15, 0.2) is 42.5 Å². The Labute approximate surface area is 160 Å². The Morgan fingerprint density at radius 1 is 1.25 bits per heavy atom. The molecule has 0 amide bonds. The van der Waals surface area contributed by atoms with Crippen LogP contribution in [0.3, 0.4) is 0 Å². The van der Waals surface area contributed by atoms with E-state index in [1.807, 2.05) is 0 Å². The summed E-state index contributed by atoms with van der Waals surface area (Å²) in [5, 5.41) is 31.8. The van der Waals surface area contributed by atoms with Gasteiger partial charge in [0.25, 0.3) is 5.69 Å². The number of phenolic OH excluding ortho intramolecular Hbond substituents is 1. The Balaban J connectivity index is 2.01. The van der Waals surface area contributed by atoms with Gasteiger partial charge in [0.15, 0.2) is 0 Å². The van der Waals surface area contributed by atoms with Gasteiger partial charge in [-0.15, -0.1) is 0 Å². The molecule has 1 heterocycles. The van der Waals surface area contributed by atoms with E-state index in [0.29, 0.717) is 27.7 Å². The molecule has 0 radical (unpaired) electrons. The predicted octanol–water partition coefficient (Wildman–Crippen LogP) is 3.47. The van der Waals surface area contributed by atoms with Gasteiger partial charge in [0.1, 0.15) is 5.75 Å². The van der Waals surface area contributed by atoms with E-state index in [9.17, 15) is 25.1 Å². The first-order valence-electron chi connectivity index (χ1n) is 8.74. The molecular formula is C20H20N2O6. The van der Waals surface area contributed by atoms with Crippen LogP contribution in [0, 0.1) is 17.0 Å². The second kappa shape index (κ2) is 7.69. The van der Waals surface area contributed by atoms with E-state index in [1.54, 1.807) is 24.5 Å². The van der Waals surface area contributed by atoms with Crippen molar-refractivity contribution in [2.75, 3.05) is 6.61 Å². The number of aliphatic hydroxyl groups excluding tert-OH is 1. The molecule has 1 unspecified atom stereocenters. The van der Waals surface area contributed by atoms with Gasteiger partial charge in [-0.05, 0) is 49.7 Å². The van der Waals surface area contributed by atoms with Crippen LogP contribution in [-0.2, 0) is 11.3 Å². The molecule has 0 aliphatic carbocycles. The third-order valence-electron chi connectivity index (χ3n) is 4.63. The molecule has 2 aromatic carbocycles. The summed E-state index contributed by atoms with van der Waals surface area (Å²) in [6.07, 6.45) is -0.945. The number of non-ortho nitro benzene ring substituents is 1. The number of nitro groups is 1. The smallest absolute Gasteiger partial charge is 0.340 e. The molecule has 3 rings (SSSR count). The lowest BCUT2D eigenvalue weighted by molar-refractivity contribution is -0.384. The molecule has 0 saturated heterocycles. The van der Waals surface area contributed by atoms with Gasteiger partial charge in [0.2, 0.25) is 0 Å². The van der Waals surface area contributed by atoms with Crippen LogP contribution in [0.5, 0.6) is 5.75 Å². The van der Waals surface area contributed by atoms with Crippen LogP contribution in [0.4, 0.5) is 5.69 Å². The summed E-state index contributed by atoms with van der Waals surface area (Å²) >= 11 is 0. The normalized spacial score (nSPS) is 12.1. The Kier molecular flexibility index (Phi) is 5.32. The van der Waals surface area contributed by atoms with E-state index < -0.39 is 17.0 Å². The number of nitrogens with zero attached hydrogens (tertiary/aromatic N) is 2. The van der Waals surface area contributed by atoms with Crippen LogP contribution in [0.2, 0.25) is 0 Å². The number of rotatable bonds is 6. The van der Waals surface area contributed by atoms with Crippen molar-refractivity contribution in [1.29, 1.82) is 0 Å². The summed E-state index contributed by atoms with van der Waals surface area (Å²) < 4.78 is 6.91. The van der Waals surface area contributed by atoms with Crippen LogP contribution in [0.25, 0.3) is 10.9 Å². The van der Waals surface area contributed by atoms with Crippen molar-refractivity contribution in [3.8, 4) is 5.75 Å². The van der Waals surface area contributed by atoms with Crippen molar-refractivity contribution < 1.29 is 24.7 Å². The van der Waals surface area contributed by atoms with Gasteiger partial charge in [0, 0.05) is 28.7 Å². The molecule has 3 aromatic rings. The fourth-order valence-corrected chi connectivity index (χ4v) is 3.26. The van der Waals surface area contributed by atoms with Crippen LogP contribution < -0.4 is 0 Å². The molecule has 2 N–H and O–H groups in total. The first kappa shape index (κ1) is 19.4. The van der Waals surface area contributed by atoms with Gasteiger partial charge < -0.3 is 19.5 Å². The number of fused-ring (bicyclic) bond motifs is 1. The lowest BCUT2D eigenvalue weighted by atomic mass is 10.1. The van der Waals surface area contributed by atoms with E-state index in [-0.39, 0.29) is 24.6 Å². The second-order valence-corrected chi connectivity index (χ2v) is 6.36. The molecule has 0 fully saturated rings. The maximum Gasteiger partial charge on any atom is 0.340 e. The SMILES string of the molecule is CCOC(=O)c1c(C)n(CC(O)c2ccc([N+](=O)[O-])cc2)c2ccc(O)cc12. The number of hydrogen-bond donors (Lipinski definition) is 2. The van der Waals surface area contributed by atoms with Crippen molar-refractivity contribution in [1.82, 2.24) is 4.57 Å². The standard InChI is InChI=1S/C20H20N2O6/c1-3-28-20(25)19-12(2)21(17-9-8-15(23)10-16(17)19)11-18(24)13-4-6-14(7-5-13)22(26)27/h4-10,18,23-24H,3,11H2,1-2H3. The number of aromatic nitrogens is 1. The average molecular weight is 384 g/mol. The molecule has 1 atom stereocenters. The largest absolute Gasteiger partial charge is 0.508 e. The molecule has 146 valence electrons. The van der Waals surface area contributed by atoms with Crippen molar-refractivity contribution in [2.24, 2.45) is 0 Å². The second-order valence-electron chi connectivity index (χ2n) is 6.36. The number of benzene rings is 2. The summed E-state index contributed by atoms with van der Waals surface area (Å²) in [5.74, 6) is -0.481. The highest BCUT2D eigenvalue weighted by Gasteiger charge is 2.23. The molecule has 8 nitrogen and oxygen atoms in total. The summed E-state index contributed by atoms with van der Waals surface area (Å²) in [6.45, 7) is 3.80. The molecule has 0 aliphatic rings. The van der Waals surface area contributed by atoms with Crippen LogP contribution in [0.1, 0.15) is 34.6 Å². The molecule has 0 bridgehead atoms. The minimum Gasteiger partial charge on any atom is -0.508 e. The zero-order chi connectivity index (χ0) is 20.4. The van der Waals surface area contributed by atoms with E-state index in [2.05, 4.69) is 0 Å². The van der Waals surface area contributed by atoms with Gasteiger partial charge in [0.05, 0.1) is 29.7 Å². The zero-order valence-corrected chi connectivity index (χ0v) is 15.5. The fraction of sp³-hybridized carbons (Fsp3) is 0.250. The number of aromatic hydroxyl groups is 1. The monoisotopic (exact) mass is 384 g/mol. The van der Waals surface area contributed by atoms with Gasteiger partial charge in [-0.25, -0.2) is 4.79 Å². The molecular weight excluding hydrogens is 364 g/mol. The predicted molar refractivity (Wildman–Crippen MR) is 102 cm³/mol. The van der Waals surface area contributed by atoms with Crippen molar-refractivity contribution >= 4 is 22.6 Å². The van der Waals surface area contributed by atoms with Crippen molar-refractivity contribution in [3.63, 3.8) is 0 Å². The number of esters is 1. The van der Waals surface area contributed by atoms with Gasteiger partial charge in [-0.2, -0.15) is 0 Å². The first-order valence-corrected chi connectivity index (χ1v) is 8.74. The van der Waals surface area contributed by atoms with E-state index in [4.69, 9.17) is 4.74 Å². The summed E-state index contributed by atoms with van der Waals surface area (Å²) in [6, 6.07) is 10.3. The quantitative estimate of drug-likeness (QED) is 0.382. The summed E-state index contributed by atoms with van der Waals surface area (Å²) in [5.41, 5.74) is 2.06. The highest BCUT2D eigenvalue weighted by molar-refractivity contribution is 6.06. The topological polar surface area (TPSA) is 115 Å². The fourth-order valence-electron chi connectivity index (χ4n) is 3.26. The van der Waals surface area contributed by atoms with Crippen LogP contribution >= 0.6 is 0 Å². The molecule has 0 spiro atoms. The number of carbonyl (C=O) groups excluding carboxylic acids is 1. The summed E-state index contributed by atoms with van der Waals surface area (Å²) in [4.78, 5) is 22.7. The third-order valence-corrected chi connectivity index (χ3v) is 4.63. The van der Waals surface area contributed by atoms with Gasteiger partial charge in [-0.1, -0.05) is 0 Å². The molecule has 8 heteroatoms. The Bertz CT molecular complexity index is 1040. The number of phenols is 1. The maximum atomic E-state index is 12.4. The Morgan fingerprint density at radius 3 is 2.54 bits per heavy atom. The number of carbonyl (C=O) groups is 1. The van der Waals surface area contributed by atoms with Crippen molar-refractivity contribution in [2.45, 2.75) is 26.5 Å². The molecule has 0 saturated carbocycles. The summed E-state index contributed by atoms with van der Waals surface area (Å²) in [7, 11) is 0. The highest BCUT2D eigenvalue weighted by Crippen LogP contribution is 2.31. The van der Waals surface area contributed by atoms with Gasteiger partial charge >= 0.3 is 5.97 Å². The average Bonchev–Trinajstić information content (AvgIpc) is 2.93.